The second-order valence-electron chi connectivity index (χ2n) is 6.95. The Kier molecular flexibility index (Phi) is 6.86. The molecule has 0 saturated carbocycles. The van der Waals surface area contributed by atoms with E-state index in [-0.39, 0.29) is 23.1 Å². The summed E-state index contributed by atoms with van der Waals surface area (Å²) in [7, 11) is 3.10. The number of benzene rings is 2. The number of ether oxygens (including phenoxy) is 2. The molecule has 7 nitrogen and oxygen atoms in total. The van der Waals surface area contributed by atoms with Crippen LogP contribution >= 0.6 is 23.4 Å². The van der Waals surface area contributed by atoms with Crippen molar-refractivity contribution in [1.29, 1.82) is 0 Å². The summed E-state index contributed by atoms with van der Waals surface area (Å²) in [5.74, 6) is 0.851. The number of carbonyl (C=O) groups is 2. The van der Waals surface area contributed by atoms with Crippen LogP contribution in [0.3, 0.4) is 0 Å². The van der Waals surface area contributed by atoms with Crippen molar-refractivity contribution < 1.29 is 19.1 Å². The smallest absolute Gasteiger partial charge is 0.283 e. The average Bonchev–Trinajstić information content (AvgIpc) is 3.47. The highest BCUT2D eigenvalue weighted by Gasteiger charge is 2.33. The van der Waals surface area contributed by atoms with Crippen molar-refractivity contribution in [3.05, 3.63) is 82.8 Å². The summed E-state index contributed by atoms with van der Waals surface area (Å²) in [6.45, 7) is 0. The van der Waals surface area contributed by atoms with Crippen LogP contribution < -0.4 is 14.4 Å². The quantitative estimate of drug-likeness (QED) is 0.377. The molecule has 0 radical (unpaired) electrons. The second kappa shape index (κ2) is 9.97. The van der Waals surface area contributed by atoms with Gasteiger partial charge in [0.25, 0.3) is 5.91 Å². The Bertz CT molecular complexity index is 1240. The molecule has 1 N–H and O–H groups in total. The standard InChI is InChI=1S/C24H20ClN3O4S/c1-31-17-8-5-15(6-9-17)12-20-23(30)28(16-7-10-18(25)22(13-16)32-2)24(27-20)33-14-21(29)19-4-3-11-26-19/h3-13,26H,14H2,1-2H3. The summed E-state index contributed by atoms with van der Waals surface area (Å²) in [4.78, 5) is 34.7. The molecule has 3 aromatic rings. The lowest BCUT2D eigenvalue weighted by Crippen LogP contribution is -2.30. The zero-order chi connectivity index (χ0) is 23.4. The monoisotopic (exact) mass is 481 g/mol. The van der Waals surface area contributed by atoms with Gasteiger partial charge in [0.1, 0.15) is 17.2 Å². The Morgan fingerprint density at radius 1 is 1.15 bits per heavy atom. The van der Waals surface area contributed by atoms with Gasteiger partial charge in [0.05, 0.1) is 36.4 Å². The van der Waals surface area contributed by atoms with Gasteiger partial charge in [-0.05, 0) is 48.0 Å². The average molecular weight is 482 g/mol. The molecule has 0 bridgehead atoms. The predicted octanol–water partition coefficient (Wildman–Crippen LogP) is 5.05. The summed E-state index contributed by atoms with van der Waals surface area (Å²) in [5.41, 5.74) is 2.09. The lowest BCUT2D eigenvalue weighted by Gasteiger charge is -2.18. The van der Waals surface area contributed by atoms with Crippen LogP contribution in [0.5, 0.6) is 11.5 Å². The van der Waals surface area contributed by atoms with Crippen molar-refractivity contribution in [2.45, 2.75) is 0 Å². The van der Waals surface area contributed by atoms with Crippen molar-refractivity contribution in [1.82, 2.24) is 4.98 Å². The number of aromatic nitrogens is 1. The lowest BCUT2D eigenvalue weighted by molar-refractivity contribution is -0.113. The van der Waals surface area contributed by atoms with Crippen LogP contribution in [0, 0.1) is 0 Å². The number of Topliss-reactive ketones (excluding diaryl/α,β-unsaturated/α-hetero) is 1. The summed E-state index contributed by atoms with van der Waals surface area (Å²) < 4.78 is 10.5. The number of nitrogens with zero attached hydrogens (tertiary/aromatic N) is 2. The molecular weight excluding hydrogens is 462 g/mol. The van der Waals surface area contributed by atoms with Crippen LogP contribution in [-0.2, 0) is 4.79 Å². The van der Waals surface area contributed by atoms with Gasteiger partial charge in [0.15, 0.2) is 11.0 Å². The second-order valence-corrected chi connectivity index (χ2v) is 8.30. The van der Waals surface area contributed by atoms with E-state index in [1.807, 2.05) is 24.3 Å². The van der Waals surface area contributed by atoms with Crippen molar-refractivity contribution >= 4 is 52.0 Å². The number of anilines is 1. The summed E-state index contributed by atoms with van der Waals surface area (Å²) in [5, 5.41) is 0.819. The maximum Gasteiger partial charge on any atom is 0.283 e. The normalized spacial score (nSPS) is 14.5. The van der Waals surface area contributed by atoms with E-state index < -0.39 is 0 Å². The molecule has 2 aromatic carbocycles. The lowest BCUT2D eigenvalue weighted by atomic mass is 10.2. The number of rotatable bonds is 7. The van der Waals surface area contributed by atoms with Gasteiger partial charge in [-0.2, -0.15) is 0 Å². The largest absolute Gasteiger partial charge is 0.497 e. The van der Waals surface area contributed by atoms with E-state index >= 15 is 0 Å². The number of methoxy groups -OCH3 is 2. The van der Waals surface area contributed by atoms with E-state index in [0.717, 1.165) is 5.56 Å². The van der Waals surface area contributed by atoms with Gasteiger partial charge in [0.2, 0.25) is 0 Å². The zero-order valence-electron chi connectivity index (χ0n) is 17.9. The third-order valence-corrected chi connectivity index (χ3v) is 6.12. The third-order valence-electron chi connectivity index (χ3n) is 4.87. The highest BCUT2D eigenvalue weighted by molar-refractivity contribution is 8.14. The van der Waals surface area contributed by atoms with Gasteiger partial charge >= 0.3 is 0 Å². The van der Waals surface area contributed by atoms with E-state index in [9.17, 15) is 9.59 Å². The third kappa shape index (κ3) is 4.97. The van der Waals surface area contributed by atoms with E-state index in [2.05, 4.69) is 9.98 Å². The SMILES string of the molecule is COc1ccc(C=C2N=C(SCC(=O)c3ccc[nH]3)N(c3ccc(Cl)c(OC)c3)C2=O)cc1. The number of halogens is 1. The molecule has 1 aliphatic rings. The van der Waals surface area contributed by atoms with Crippen LogP contribution in [0.1, 0.15) is 16.1 Å². The first-order valence-corrected chi connectivity index (χ1v) is 11.3. The highest BCUT2D eigenvalue weighted by Crippen LogP contribution is 2.34. The highest BCUT2D eigenvalue weighted by atomic mass is 35.5. The van der Waals surface area contributed by atoms with Gasteiger partial charge in [-0.1, -0.05) is 35.5 Å². The van der Waals surface area contributed by atoms with E-state index in [1.165, 1.54) is 23.8 Å². The van der Waals surface area contributed by atoms with Crippen molar-refractivity contribution in [3.63, 3.8) is 0 Å². The van der Waals surface area contributed by atoms with Gasteiger partial charge in [-0.25, -0.2) is 4.99 Å². The van der Waals surface area contributed by atoms with E-state index in [1.54, 1.807) is 49.7 Å². The minimum absolute atomic E-state index is 0.0960. The minimum Gasteiger partial charge on any atom is -0.497 e. The number of nitrogens with one attached hydrogen (secondary N) is 1. The number of carbonyl (C=O) groups excluding carboxylic acids is 2. The zero-order valence-corrected chi connectivity index (χ0v) is 19.4. The van der Waals surface area contributed by atoms with Gasteiger partial charge < -0.3 is 14.5 Å². The first-order chi connectivity index (χ1) is 16.0. The molecule has 0 fully saturated rings. The number of amides is 1. The summed E-state index contributed by atoms with van der Waals surface area (Å²) in [6, 6.07) is 15.8. The molecule has 4 rings (SSSR count). The Hall–Kier alpha value is -3.49. The number of aliphatic imine (C=N–C) groups is 1. The number of hydrogen-bond donors (Lipinski definition) is 1. The molecule has 9 heteroatoms. The van der Waals surface area contributed by atoms with Crippen LogP contribution in [0.2, 0.25) is 5.02 Å². The first-order valence-electron chi connectivity index (χ1n) is 9.92. The molecule has 33 heavy (non-hydrogen) atoms. The molecule has 2 heterocycles. The number of amidine groups is 1. The van der Waals surface area contributed by atoms with Crippen LogP contribution in [0.15, 0.2) is 71.5 Å². The number of thioether (sulfide) groups is 1. The Labute approximate surface area is 200 Å². The molecule has 0 unspecified atom stereocenters. The topological polar surface area (TPSA) is 84.0 Å². The predicted molar refractivity (Wildman–Crippen MR) is 131 cm³/mol. The number of H-pyrrole nitrogens is 1. The molecule has 1 aromatic heterocycles. The molecule has 0 saturated heterocycles. The first kappa shape index (κ1) is 22.7. The molecule has 1 amide bonds. The molecule has 0 spiro atoms. The van der Waals surface area contributed by atoms with E-state index in [0.29, 0.717) is 33.1 Å². The molecule has 1 aliphatic heterocycles. The van der Waals surface area contributed by atoms with Crippen molar-refractivity contribution in [2.75, 3.05) is 24.9 Å². The molecule has 0 aliphatic carbocycles. The summed E-state index contributed by atoms with van der Waals surface area (Å²) in [6.07, 6.45) is 3.39. The molecule has 0 atom stereocenters. The molecular formula is C24H20ClN3O4S. The van der Waals surface area contributed by atoms with Crippen molar-refractivity contribution in [2.24, 2.45) is 4.99 Å². The molecule has 168 valence electrons. The summed E-state index contributed by atoms with van der Waals surface area (Å²) >= 11 is 7.35. The Morgan fingerprint density at radius 2 is 1.94 bits per heavy atom. The number of hydrogen-bond acceptors (Lipinski definition) is 6. The van der Waals surface area contributed by atoms with Crippen LogP contribution in [0.25, 0.3) is 6.08 Å². The van der Waals surface area contributed by atoms with Gasteiger partial charge in [-0.15, -0.1) is 0 Å². The fourth-order valence-corrected chi connectivity index (χ4v) is 4.27. The van der Waals surface area contributed by atoms with Crippen molar-refractivity contribution in [3.8, 4) is 11.5 Å². The van der Waals surface area contributed by atoms with Crippen LogP contribution in [-0.4, -0.2) is 41.8 Å². The number of aromatic amines is 1. The fraction of sp³-hybridized carbons (Fsp3) is 0.125. The van der Waals surface area contributed by atoms with Gasteiger partial charge in [-0.3, -0.25) is 14.5 Å². The van der Waals surface area contributed by atoms with Crippen LogP contribution in [0.4, 0.5) is 5.69 Å². The number of ketones is 1. The Morgan fingerprint density at radius 3 is 2.61 bits per heavy atom. The fourth-order valence-electron chi connectivity index (χ4n) is 3.18. The minimum atomic E-state index is -0.315. The maximum atomic E-state index is 13.3. The van der Waals surface area contributed by atoms with E-state index in [4.69, 9.17) is 21.1 Å². The Balaban J connectivity index is 1.66. The maximum absolute atomic E-state index is 13.3. The van der Waals surface area contributed by atoms with Gasteiger partial charge in [0, 0.05) is 12.3 Å².